The molecule has 2 nitrogen and oxygen atoms in total. The molecule has 0 amide bonds. The van der Waals surface area contributed by atoms with Crippen molar-refractivity contribution in [2.24, 2.45) is 0 Å². The van der Waals surface area contributed by atoms with E-state index >= 15 is 0 Å². The second-order valence-electron chi connectivity index (χ2n) is 3.78. The van der Waals surface area contributed by atoms with Gasteiger partial charge >= 0.3 is 6.18 Å². The first kappa shape index (κ1) is 13.7. The number of benzene rings is 1. The maximum Gasteiger partial charge on any atom is 0.416 e. The van der Waals surface area contributed by atoms with Gasteiger partial charge in [-0.05, 0) is 29.8 Å². The van der Waals surface area contributed by atoms with Gasteiger partial charge in [0, 0.05) is 6.20 Å². The average molecular weight is 288 g/mol. The van der Waals surface area contributed by atoms with Gasteiger partial charge in [-0.3, -0.25) is 0 Å². The van der Waals surface area contributed by atoms with E-state index in [1.807, 2.05) is 0 Å². The summed E-state index contributed by atoms with van der Waals surface area (Å²) < 4.78 is 42.5. The highest BCUT2D eigenvalue weighted by atomic mass is 35.5. The fourth-order valence-corrected chi connectivity index (χ4v) is 1.60. The molecule has 0 N–H and O–H groups in total. The molecule has 19 heavy (non-hydrogen) atoms. The summed E-state index contributed by atoms with van der Waals surface area (Å²) in [6, 6.07) is 8.07. The van der Waals surface area contributed by atoms with Crippen LogP contribution >= 0.6 is 11.6 Å². The Morgan fingerprint density at radius 1 is 1.11 bits per heavy atom. The quantitative estimate of drug-likeness (QED) is 0.784. The molecule has 2 aromatic rings. The minimum Gasteiger partial charge on any atom is -0.486 e. The van der Waals surface area contributed by atoms with Gasteiger partial charge in [-0.25, -0.2) is 4.98 Å². The van der Waals surface area contributed by atoms with Crippen LogP contribution in [0.15, 0.2) is 42.6 Å². The number of alkyl halides is 3. The third-order valence-electron chi connectivity index (χ3n) is 2.40. The number of hydrogen-bond acceptors (Lipinski definition) is 2. The van der Waals surface area contributed by atoms with Gasteiger partial charge in [0.2, 0.25) is 0 Å². The molecule has 0 unspecified atom stereocenters. The second-order valence-corrected chi connectivity index (χ2v) is 4.13. The number of ether oxygens (including phenoxy) is 1. The molecule has 0 fully saturated rings. The van der Waals surface area contributed by atoms with Crippen LogP contribution in [0.3, 0.4) is 0 Å². The lowest BCUT2D eigenvalue weighted by atomic mass is 10.1. The van der Waals surface area contributed by atoms with Crippen LogP contribution in [0.1, 0.15) is 11.1 Å². The van der Waals surface area contributed by atoms with Crippen molar-refractivity contribution in [2.45, 2.75) is 12.8 Å². The Morgan fingerprint density at radius 2 is 1.79 bits per heavy atom. The summed E-state index contributed by atoms with van der Waals surface area (Å²) >= 11 is 5.79. The number of aromatic nitrogens is 1. The number of rotatable bonds is 3. The smallest absolute Gasteiger partial charge is 0.416 e. The molecule has 0 saturated heterocycles. The summed E-state index contributed by atoms with van der Waals surface area (Å²) in [4.78, 5) is 3.83. The van der Waals surface area contributed by atoms with Crippen LogP contribution in [0.25, 0.3) is 0 Å². The van der Waals surface area contributed by atoms with Crippen LogP contribution in [0.4, 0.5) is 13.2 Å². The van der Waals surface area contributed by atoms with Crippen LogP contribution < -0.4 is 4.74 Å². The van der Waals surface area contributed by atoms with Crippen molar-refractivity contribution >= 4 is 11.6 Å². The van der Waals surface area contributed by atoms with Crippen molar-refractivity contribution in [2.75, 3.05) is 0 Å². The molecule has 100 valence electrons. The third-order valence-corrected chi connectivity index (χ3v) is 2.68. The van der Waals surface area contributed by atoms with E-state index in [-0.39, 0.29) is 11.8 Å². The molecule has 0 saturated carbocycles. The van der Waals surface area contributed by atoms with Crippen molar-refractivity contribution in [1.82, 2.24) is 4.98 Å². The van der Waals surface area contributed by atoms with Gasteiger partial charge < -0.3 is 4.74 Å². The summed E-state index contributed by atoms with van der Waals surface area (Å²) in [6.07, 6.45) is -2.81. The average Bonchev–Trinajstić information content (AvgIpc) is 2.37. The zero-order chi connectivity index (χ0) is 13.9. The van der Waals surface area contributed by atoms with E-state index < -0.39 is 11.7 Å². The molecule has 0 aliphatic heterocycles. The summed E-state index contributed by atoms with van der Waals surface area (Å²) in [7, 11) is 0. The Hall–Kier alpha value is -1.75. The molecule has 1 heterocycles. The lowest BCUT2D eigenvalue weighted by Gasteiger charge is -2.09. The molecule has 0 aliphatic rings. The van der Waals surface area contributed by atoms with Crippen LogP contribution in [-0.2, 0) is 12.8 Å². The van der Waals surface area contributed by atoms with E-state index in [1.165, 1.54) is 18.3 Å². The largest absolute Gasteiger partial charge is 0.486 e. The van der Waals surface area contributed by atoms with Crippen molar-refractivity contribution in [3.8, 4) is 5.75 Å². The second kappa shape index (κ2) is 5.48. The van der Waals surface area contributed by atoms with Gasteiger partial charge in [-0.2, -0.15) is 13.2 Å². The van der Waals surface area contributed by atoms with Crippen molar-refractivity contribution < 1.29 is 17.9 Å². The third kappa shape index (κ3) is 3.61. The predicted octanol–water partition coefficient (Wildman–Crippen LogP) is 4.33. The lowest BCUT2D eigenvalue weighted by Crippen LogP contribution is -2.05. The summed E-state index contributed by atoms with van der Waals surface area (Å²) in [5, 5.41) is 0.217. The Kier molecular flexibility index (Phi) is 3.95. The van der Waals surface area contributed by atoms with Crippen LogP contribution in [0.5, 0.6) is 5.75 Å². The normalized spacial score (nSPS) is 11.4. The van der Waals surface area contributed by atoms with Crippen molar-refractivity contribution in [1.29, 1.82) is 0 Å². The number of pyridine rings is 1. The fraction of sp³-hybridized carbons (Fsp3) is 0.154. The zero-order valence-electron chi connectivity index (χ0n) is 9.62. The molecular formula is C13H9ClF3NO. The lowest BCUT2D eigenvalue weighted by molar-refractivity contribution is -0.137. The van der Waals surface area contributed by atoms with Gasteiger partial charge in [0.05, 0.1) is 5.56 Å². The molecule has 1 aromatic heterocycles. The molecule has 0 atom stereocenters. The molecule has 0 aliphatic carbocycles. The van der Waals surface area contributed by atoms with E-state index in [0.29, 0.717) is 11.3 Å². The van der Waals surface area contributed by atoms with E-state index in [9.17, 15) is 13.2 Å². The molecule has 2 rings (SSSR count). The number of nitrogens with zero attached hydrogens (tertiary/aromatic N) is 1. The highest BCUT2D eigenvalue weighted by Gasteiger charge is 2.29. The summed E-state index contributed by atoms with van der Waals surface area (Å²) in [6.45, 7) is 0.129. The summed E-state index contributed by atoms with van der Waals surface area (Å²) in [5.41, 5.74) is -0.0661. The van der Waals surface area contributed by atoms with Gasteiger partial charge in [0.15, 0.2) is 10.9 Å². The first-order valence-corrected chi connectivity index (χ1v) is 5.74. The van der Waals surface area contributed by atoms with E-state index in [0.717, 1.165) is 12.1 Å². The van der Waals surface area contributed by atoms with Gasteiger partial charge in [0.25, 0.3) is 0 Å². The highest BCUT2D eigenvalue weighted by molar-refractivity contribution is 6.30. The predicted molar refractivity (Wildman–Crippen MR) is 65.0 cm³/mol. The van der Waals surface area contributed by atoms with Crippen LogP contribution in [0.2, 0.25) is 5.15 Å². The topological polar surface area (TPSA) is 22.1 Å². The first-order valence-electron chi connectivity index (χ1n) is 5.36. The zero-order valence-corrected chi connectivity index (χ0v) is 10.4. The molecule has 0 radical (unpaired) electrons. The number of hydrogen-bond donors (Lipinski definition) is 0. The van der Waals surface area contributed by atoms with E-state index in [1.54, 1.807) is 12.1 Å². The van der Waals surface area contributed by atoms with Gasteiger partial charge in [0.1, 0.15) is 6.61 Å². The Labute approximate surface area is 112 Å². The molecule has 0 bridgehead atoms. The van der Waals surface area contributed by atoms with Crippen molar-refractivity contribution in [3.05, 3.63) is 58.9 Å². The monoisotopic (exact) mass is 287 g/mol. The van der Waals surface area contributed by atoms with Crippen molar-refractivity contribution in [3.63, 3.8) is 0 Å². The first-order chi connectivity index (χ1) is 8.97. The SMILES string of the molecule is FC(F)(F)c1ccc(COc2cccnc2Cl)cc1. The maximum absolute atomic E-state index is 12.4. The van der Waals surface area contributed by atoms with E-state index in [4.69, 9.17) is 16.3 Å². The molecular weight excluding hydrogens is 279 g/mol. The highest BCUT2D eigenvalue weighted by Crippen LogP contribution is 2.29. The molecule has 1 aromatic carbocycles. The van der Waals surface area contributed by atoms with Crippen LogP contribution in [0, 0.1) is 0 Å². The minimum atomic E-state index is -4.33. The minimum absolute atomic E-state index is 0.129. The van der Waals surface area contributed by atoms with Gasteiger partial charge in [-0.15, -0.1) is 0 Å². The molecule has 6 heteroatoms. The Bertz CT molecular complexity index is 555. The summed E-state index contributed by atoms with van der Waals surface area (Å²) in [5.74, 6) is 0.393. The molecule has 0 spiro atoms. The van der Waals surface area contributed by atoms with E-state index in [2.05, 4.69) is 4.98 Å². The standard InChI is InChI=1S/C13H9ClF3NO/c14-12-11(2-1-7-18-12)19-8-9-3-5-10(6-4-9)13(15,16)17/h1-7H,8H2. The van der Waals surface area contributed by atoms with Crippen LogP contribution in [-0.4, -0.2) is 4.98 Å². The maximum atomic E-state index is 12.4. The Morgan fingerprint density at radius 3 is 2.37 bits per heavy atom. The Balaban J connectivity index is 2.03. The fourth-order valence-electron chi connectivity index (χ4n) is 1.43. The number of halogens is 4. The van der Waals surface area contributed by atoms with Gasteiger partial charge in [-0.1, -0.05) is 23.7 Å².